The monoisotopic (exact) mass is 443 g/mol. The lowest BCUT2D eigenvalue weighted by molar-refractivity contribution is -0.384. The predicted octanol–water partition coefficient (Wildman–Crippen LogP) is 2.02. The number of non-ortho nitro benzene ring substituents is 1. The highest BCUT2D eigenvalue weighted by Crippen LogP contribution is 2.20. The van der Waals surface area contributed by atoms with E-state index in [0.717, 1.165) is 32.1 Å². The Hall–Kier alpha value is -3.11. The Kier molecular flexibility index (Phi) is 7.48. The number of nitro benzene ring substituents is 1. The van der Waals surface area contributed by atoms with Gasteiger partial charge in [0.25, 0.3) is 11.6 Å². The first-order valence-electron chi connectivity index (χ1n) is 9.82. The molecule has 2 aromatic carbocycles. The second kappa shape index (κ2) is 10.3. The van der Waals surface area contributed by atoms with Gasteiger partial charge in [-0.1, -0.05) is 12.1 Å². The zero-order valence-electron chi connectivity index (χ0n) is 17.2. The largest absolute Gasteiger partial charge is 0.398 e. The molecule has 1 aliphatic heterocycles. The molecule has 4 N–H and O–H groups in total. The molecule has 9 nitrogen and oxygen atoms in total. The summed E-state index contributed by atoms with van der Waals surface area (Å²) < 4.78 is 0. The SMILES string of the molecule is CSc1ccc(CN2CC[C@@H](NC(=O)CNC(=O)c3cc([N+](=O)[O-])ccc3N)C2)cc1. The van der Waals surface area contributed by atoms with Crippen LogP contribution < -0.4 is 16.4 Å². The van der Waals surface area contributed by atoms with E-state index in [-0.39, 0.29) is 35.4 Å². The Morgan fingerprint density at radius 2 is 2.00 bits per heavy atom. The lowest BCUT2D eigenvalue weighted by atomic mass is 10.1. The van der Waals surface area contributed by atoms with Gasteiger partial charge in [0.2, 0.25) is 5.91 Å². The molecule has 0 radical (unpaired) electrons. The summed E-state index contributed by atoms with van der Waals surface area (Å²) in [6.07, 6.45) is 2.88. The summed E-state index contributed by atoms with van der Waals surface area (Å²) in [5, 5.41) is 16.3. The molecule has 1 aliphatic rings. The summed E-state index contributed by atoms with van der Waals surface area (Å²) in [5.41, 5.74) is 6.81. The maximum absolute atomic E-state index is 12.3. The molecule has 1 fully saturated rings. The Morgan fingerprint density at radius 1 is 1.26 bits per heavy atom. The second-order valence-corrected chi connectivity index (χ2v) is 8.23. The standard InChI is InChI=1S/C21H25N5O4S/c1-31-17-5-2-14(3-6-17)12-25-9-8-15(13-25)24-20(27)11-23-21(28)18-10-16(26(29)30)4-7-19(18)22/h2-7,10,15H,8-9,11-13,22H2,1H3,(H,23,28)(H,24,27)/t15-/m1/s1. The highest BCUT2D eigenvalue weighted by molar-refractivity contribution is 7.98. The van der Waals surface area contributed by atoms with Gasteiger partial charge in [-0.3, -0.25) is 24.6 Å². The number of rotatable bonds is 8. The van der Waals surface area contributed by atoms with Gasteiger partial charge in [0.05, 0.1) is 17.0 Å². The Balaban J connectivity index is 1.45. The van der Waals surface area contributed by atoms with Crippen molar-refractivity contribution in [3.05, 3.63) is 63.7 Å². The first-order chi connectivity index (χ1) is 14.9. The number of nitro groups is 1. The summed E-state index contributed by atoms with van der Waals surface area (Å²) in [6.45, 7) is 2.21. The predicted molar refractivity (Wildman–Crippen MR) is 120 cm³/mol. The van der Waals surface area contributed by atoms with Gasteiger partial charge < -0.3 is 16.4 Å². The van der Waals surface area contributed by atoms with Crippen LogP contribution in [0.4, 0.5) is 11.4 Å². The molecular formula is C21H25N5O4S. The molecule has 31 heavy (non-hydrogen) atoms. The number of carbonyl (C=O) groups excluding carboxylic acids is 2. The van der Waals surface area contributed by atoms with Crippen molar-refractivity contribution in [2.24, 2.45) is 0 Å². The molecule has 10 heteroatoms. The van der Waals surface area contributed by atoms with Gasteiger partial charge in [-0.2, -0.15) is 0 Å². The number of benzene rings is 2. The maximum atomic E-state index is 12.3. The molecule has 164 valence electrons. The van der Waals surface area contributed by atoms with Gasteiger partial charge in [-0.15, -0.1) is 11.8 Å². The third-order valence-electron chi connectivity index (χ3n) is 5.10. The van der Waals surface area contributed by atoms with Crippen LogP contribution in [0, 0.1) is 10.1 Å². The Labute approximate surface area is 184 Å². The third kappa shape index (κ3) is 6.19. The van der Waals surface area contributed by atoms with Gasteiger partial charge in [0.1, 0.15) is 0 Å². The molecule has 3 rings (SSSR count). The van der Waals surface area contributed by atoms with Crippen molar-refractivity contribution < 1.29 is 14.5 Å². The van der Waals surface area contributed by atoms with Crippen LogP contribution in [0.25, 0.3) is 0 Å². The van der Waals surface area contributed by atoms with Crippen molar-refractivity contribution in [2.45, 2.75) is 23.9 Å². The highest BCUT2D eigenvalue weighted by Gasteiger charge is 2.24. The van der Waals surface area contributed by atoms with Gasteiger partial charge in [0, 0.05) is 48.4 Å². The average molecular weight is 444 g/mol. The van der Waals surface area contributed by atoms with E-state index in [9.17, 15) is 19.7 Å². The zero-order chi connectivity index (χ0) is 22.4. The van der Waals surface area contributed by atoms with Crippen LogP contribution >= 0.6 is 11.8 Å². The van der Waals surface area contributed by atoms with Crippen LogP contribution in [0.5, 0.6) is 0 Å². The number of amides is 2. The number of carbonyl (C=O) groups is 2. The Morgan fingerprint density at radius 3 is 2.68 bits per heavy atom. The van der Waals surface area contributed by atoms with Gasteiger partial charge in [-0.05, 0) is 36.4 Å². The normalized spacial score (nSPS) is 16.1. The van der Waals surface area contributed by atoms with Crippen molar-refractivity contribution >= 4 is 35.0 Å². The van der Waals surface area contributed by atoms with Gasteiger partial charge >= 0.3 is 0 Å². The van der Waals surface area contributed by atoms with Crippen LogP contribution in [0.3, 0.4) is 0 Å². The minimum absolute atomic E-state index is 0.0118. The lowest BCUT2D eigenvalue weighted by Gasteiger charge is -2.17. The van der Waals surface area contributed by atoms with Crippen molar-refractivity contribution in [1.29, 1.82) is 0 Å². The first kappa shape index (κ1) is 22.6. The smallest absolute Gasteiger partial charge is 0.270 e. The van der Waals surface area contributed by atoms with Gasteiger partial charge in [0.15, 0.2) is 0 Å². The number of hydrogen-bond donors (Lipinski definition) is 3. The number of nitrogens with zero attached hydrogens (tertiary/aromatic N) is 2. The quantitative estimate of drug-likeness (QED) is 0.246. The van der Waals surface area contributed by atoms with Gasteiger partial charge in [-0.25, -0.2) is 0 Å². The molecule has 0 saturated carbocycles. The second-order valence-electron chi connectivity index (χ2n) is 7.35. The molecular weight excluding hydrogens is 418 g/mol. The van der Waals surface area contributed by atoms with Crippen molar-refractivity contribution in [3.63, 3.8) is 0 Å². The minimum atomic E-state index is -0.627. The molecule has 0 aliphatic carbocycles. The van der Waals surface area contributed by atoms with Crippen LogP contribution in [0.1, 0.15) is 22.3 Å². The molecule has 0 unspecified atom stereocenters. The topological polar surface area (TPSA) is 131 Å². The maximum Gasteiger partial charge on any atom is 0.270 e. The molecule has 1 atom stereocenters. The molecule has 0 spiro atoms. The number of hydrogen-bond acceptors (Lipinski definition) is 7. The average Bonchev–Trinajstić information content (AvgIpc) is 3.19. The van der Waals surface area contributed by atoms with E-state index in [4.69, 9.17) is 5.73 Å². The highest BCUT2D eigenvalue weighted by atomic mass is 32.2. The number of likely N-dealkylation sites (tertiary alicyclic amines) is 1. The van der Waals surface area contributed by atoms with Crippen LogP contribution in [0.2, 0.25) is 0 Å². The van der Waals surface area contributed by atoms with Crippen LogP contribution in [-0.2, 0) is 11.3 Å². The molecule has 1 saturated heterocycles. The number of nitrogens with two attached hydrogens (primary N) is 1. The number of thioether (sulfide) groups is 1. The number of nitrogen functional groups attached to an aromatic ring is 1. The molecule has 1 heterocycles. The molecule has 0 aromatic heterocycles. The fourth-order valence-corrected chi connectivity index (χ4v) is 3.88. The number of nitrogens with one attached hydrogen (secondary N) is 2. The summed E-state index contributed by atoms with van der Waals surface area (Å²) >= 11 is 1.71. The van der Waals surface area contributed by atoms with E-state index in [0.29, 0.717) is 0 Å². The fraction of sp³-hybridized carbons (Fsp3) is 0.333. The summed E-state index contributed by atoms with van der Waals surface area (Å²) in [5.74, 6) is -0.938. The van der Waals surface area contributed by atoms with E-state index < -0.39 is 10.8 Å². The molecule has 0 bridgehead atoms. The summed E-state index contributed by atoms with van der Waals surface area (Å²) in [4.78, 5) is 38.3. The first-order valence-corrected chi connectivity index (χ1v) is 11.0. The lowest BCUT2D eigenvalue weighted by Crippen LogP contribution is -2.43. The fourth-order valence-electron chi connectivity index (χ4n) is 3.47. The van der Waals surface area contributed by atoms with Crippen LogP contribution in [-0.4, -0.2) is 53.6 Å². The van der Waals surface area contributed by atoms with Crippen LogP contribution in [0.15, 0.2) is 47.4 Å². The van der Waals surface area contributed by atoms with Crippen molar-refractivity contribution in [2.75, 3.05) is 31.6 Å². The zero-order valence-corrected chi connectivity index (χ0v) is 18.0. The molecule has 2 amide bonds. The van der Waals surface area contributed by atoms with Crippen molar-refractivity contribution in [3.8, 4) is 0 Å². The van der Waals surface area contributed by atoms with E-state index >= 15 is 0 Å². The summed E-state index contributed by atoms with van der Waals surface area (Å²) in [6, 6.07) is 12.1. The molecule has 2 aromatic rings. The van der Waals surface area contributed by atoms with Crippen molar-refractivity contribution in [1.82, 2.24) is 15.5 Å². The summed E-state index contributed by atoms with van der Waals surface area (Å²) in [7, 11) is 0. The third-order valence-corrected chi connectivity index (χ3v) is 5.85. The van der Waals surface area contributed by atoms with E-state index in [2.05, 4.69) is 39.8 Å². The number of anilines is 1. The Bertz CT molecular complexity index is 967. The van der Waals surface area contributed by atoms with E-state index in [1.165, 1.54) is 22.6 Å². The van der Waals surface area contributed by atoms with E-state index in [1.807, 2.05) is 6.26 Å². The minimum Gasteiger partial charge on any atom is -0.398 e. The van der Waals surface area contributed by atoms with E-state index in [1.54, 1.807) is 11.8 Å².